The average molecular weight is 1010 g/mol. The molecule has 0 bridgehead atoms. The zero-order chi connectivity index (χ0) is 50.5. The van der Waals surface area contributed by atoms with Gasteiger partial charge in [0.2, 0.25) is 0 Å². The minimum absolute atomic E-state index is 0.0262. The molecule has 0 aromatic carbocycles. The van der Waals surface area contributed by atoms with Gasteiger partial charge >= 0.3 is 33.3 Å². The Bertz CT molecular complexity index is 1940. The molecular formula is C45H73N3O18P2. The first kappa shape index (κ1) is 60.5. The highest BCUT2D eigenvalue weighted by Crippen LogP contribution is 2.60. The molecule has 1 aliphatic rings. The van der Waals surface area contributed by atoms with E-state index in [-0.39, 0.29) is 31.5 Å². The summed E-state index contributed by atoms with van der Waals surface area (Å²) in [5, 5.41) is 51.5. The molecule has 68 heavy (non-hydrogen) atoms. The maximum Gasteiger partial charge on any atom is 0.481 e. The summed E-state index contributed by atoms with van der Waals surface area (Å²) in [5.74, 6) is -0.992. The van der Waals surface area contributed by atoms with Gasteiger partial charge in [-0.05, 0) is 44.1 Å². The van der Waals surface area contributed by atoms with E-state index in [2.05, 4.69) is 23.1 Å². The highest BCUT2D eigenvalue weighted by atomic mass is 31.3. The minimum Gasteiger partial charge on any atom is -0.462 e. The average Bonchev–Trinajstić information content (AvgIpc) is 3.55. The van der Waals surface area contributed by atoms with E-state index in [9.17, 15) is 58.8 Å². The third-order valence-corrected chi connectivity index (χ3v) is 12.7. The first-order chi connectivity index (χ1) is 32.2. The van der Waals surface area contributed by atoms with Crippen LogP contribution in [0.3, 0.4) is 0 Å². The van der Waals surface area contributed by atoms with Crippen LogP contribution in [0, 0.1) is 5.92 Å². The number of nitrogens with two attached hydrogens (primary N) is 1. The zero-order valence-corrected chi connectivity index (χ0v) is 40.9. The van der Waals surface area contributed by atoms with Crippen LogP contribution in [0.5, 0.6) is 0 Å². The number of aromatic nitrogens is 2. The fraction of sp³-hybridized carbons (Fsp3) is 0.644. The molecule has 1 aliphatic heterocycles. The van der Waals surface area contributed by atoms with Crippen molar-refractivity contribution in [1.82, 2.24) is 9.55 Å². The number of aliphatic hydroxyl groups is 5. The molecule has 1 saturated heterocycles. The van der Waals surface area contributed by atoms with Crippen molar-refractivity contribution >= 4 is 33.4 Å². The Morgan fingerprint density at radius 1 is 0.824 bits per heavy atom. The first-order valence-electron chi connectivity index (χ1n) is 23.0. The van der Waals surface area contributed by atoms with Gasteiger partial charge in [-0.1, -0.05) is 126 Å². The van der Waals surface area contributed by atoms with Gasteiger partial charge in [0.1, 0.15) is 30.7 Å². The Balaban J connectivity index is 1.93. The van der Waals surface area contributed by atoms with Crippen molar-refractivity contribution in [1.29, 1.82) is 0 Å². The molecule has 2 unspecified atom stereocenters. The molecule has 0 aliphatic carbocycles. The molecule has 2 heterocycles. The predicted octanol–water partition coefficient (Wildman–Crippen LogP) is 5.15. The van der Waals surface area contributed by atoms with E-state index in [0.29, 0.717) is 18.8 Å². The first-order valence-corrected chi connectivity index (χ1v) is 26.0. The maximum atomic E-state index is 12.8. The van der Waals surface area contributed by atoms with E-state index in [4.69, 9.17) is 29.0 Å². The fourth-order valence-corrected chi connectivity index (χ4v) is 8.54. The second-order valence-corrected chi connectivity index (χ2v) is 19.6. The molecule has 10 atom stereocenters. The number of hydrogen-bond acceptors (Lipinski definition) is 18. The molecule has 21 nitrogen and oxygen atoms in total. The normalized spacial score (nSPS) is 21.5. The molecule has 0 amide bonds. The third-order valence-electron chi connectivity index (χ3n) is 10.1. The minimum atomic E-state index is -5.51. The maximum absolute atomic E-state index is 12.8. The van der Waals surface area contributed by atoms with Gasteiger partial charge in [0.15, 0.2) is 12.3 Å². The van der Waals surface area contributed by atoms with Gasteiger partial charge in [-0.25, -0.2) is 13.9 Å². The van der Waals surface area contributed by atoms with E-state index in [1.165, 1.54) is 31.1 Å². The van der Waals surface area contributed by atoms with Crippen LogP contribution >= 0.6 is 15.6 Å². The number of phosphoric ester groups is 2. The Morgan fingerprint density at radius 2 is 1.44 bits per heavy atom. The van der Waals surface area contributed by atoms with Gasteiger partial charge in [-0.15, -0.1) is 0 Å². The molecule has 386 valence electrons. The second kappa shape index (κ2) is 33.0. The number of hydrogen-bond donors (Lipinski definition) is 8. The number of anilines is 1. The highest BCUT2D eigenvalue weighted by molar-refractivity contribution is 7.61. The number of phosphoric acid groups is 2. The SMILES string of the molecule is CC/C=C\C[C@H](O)/C=C/C=C/C=C\C=C/[C@@H](O)[C@H](O)CCCC(=O)O[C@H](COC(=O)CCCCCCCCCC(C)C)COP(=O)(O)OP(=O)(O)OC[C@H]1O[C@@H](n2ccc(N)nc2=O)[C@H](O)[C@@H]1O. The molecule has 23 heteroatoms. The zero-order valence-electron chi connectivity index (χ0n) is 39.1. The van der Waals surface area contributed by atoms with Gasteiger partial charge < -0.3 is 55.3 Å². The Kier molecular flexibility index (Phi) is 29.4. The molecule has 2 rings (SSSR count). The standard InChI is InChI=1S/C45H73N3O18P2/c1-4-5-15-22-34(49)23-17-12-9-10-13-18-24-36(50)37(51)25-20-27-41(53)64-35(30-61-40(52)26-19-14-8-6-7-11-16-21-33(2)3)31-62-67(57,58)66-68(59,60)63-32-38-42(54)43(55)44(65-38)48-29-28-39(46)47-45(48)56/h5,9-10,12-13,15,17-18,23-24,28-29,33-38,42-44,49-51,54-55H,4,6-8,11,14,16,19-22,25-27,30-32H2,1-3H3,(H,57,58)(H,59,60)(H2,46,47,56)/b12-9+,13-10-,15-5-,23-17+,24-18-/t34-,35+,36+,37+,38+,42+,43+,44+/m0/s1. The van der Waals surface area contributed by atoms with Crippen molar-refractivity contribution in [2.75, 3.05) is 25.6 Å². The topological polar surface area (TPSA) is 326 Å². The lowest BCUT2D eigenvalue weighted by atomic mass is 10.0. The van der Waals surface area contributed by atoms with Crippen molar-refractivity contribution in [2.45, 2.75) is 160 Å². The molecule has 0 radical (unpaired) electrons. The number of unbranched alkanes of at least 4 members (excludes halogenated alkanes) is 6. The van der Waals surface area contributed by atoms with Crippen LogP contribution in [0.4, 0.5) is 5.82 Å². The number of allylic oxidation sites excluding steroid dienone is 7. The van der Waals surface area contributed by atoms with Gasteiger partial charge in [-0.3, -0.25) is 23.2 Å². The van der Waals surface area contributed by atoms with E-state index >= 15 is 0 Å². The third kappa shape index (κ3) is 26.4. The van der Waals surface area contributed by atoms with E-state index in [1.54, 1.807) is 36.5 Å². The van der Waals surface area contributed by atoms with Crippen LogP contribution in [0.15, 0.2) is 77.8 Å². The number of nitrogen functional groups attached to an aromatic ring is 1. The van der Waals surface area contributed by atoms with Crippen LogP contribution in [-0.4, -0.2) is 119 Å². The van der Waals surface area contributed by atoms with Gasteiger partial charge in [0, 0.05) is 19.0 Å². The predicted molar refractivity (Wildman–Crippen MR) is 251 cm³/mol. The Hall–Kier alpha value is -3.66. The lowest BCUT2D eigenvalue weighted by molar-refractivity contribution is -0.161. The summed E-state index contributed by atoms with van der Waals surface area (Å²) in [7, 11) is -11.0. The quantitative estimate of drug-likeness (QED) is 0.0143. The summed E-state index contributed by atoms with van der Waals surface area (Å²) >= 11 is 0. The lowest BCUT2D eigenvalue weighted by Gasteiger charge is -2.21. The number of aliphatic hydroxyl groups excluding tert-OH is 5. The summed E-state index contributed by atoms with van der Waals surface area (Å²) in [6, 6.07) is 1.22. The molecule has 0 saturated carbocycles. The summed E-state index contributed by atoms with van der Waals surface area (Å²) < 4.78 is 56.2. The van der Waals surface area contributed by atoms with Gasteiger partial charge in [-0.2, -0.15) is 9.29 Å². The van der Waals surface area contributed by atoms with Crippen molar-refractivity contribution in [2.24, 2.45) is 5.92 Å². The van der Waals surface area contributed by atoms with Crippen LogP contribution < -0.4 is 11.4 Å². The number of carbonyl (C=O) groups excluding carboxylic acids is 2. The number of nitrogens with zero attached hydrogens (tertiary/aromatic N) is 2. The van der Waals surface area contributed by atoms with E-state index in [1.807, 2.05) is 19.1 Å². The molecule has 1 aromatic rings. The van der Waals surface area contributed by atoms with E-state index in [0.717, 1.165) is 49.3 Å². The number of carbonyl (C=O) groups is 2. The fourth-order valence-electron chi connectivity index (χ4n) is 6.43. The smallest absolute Gasteiger partial charge is 0.462 e. The summed E-state index contributed by atoms with van der Waals surface area (Å²) in [4.78, 5) is 61.7. The molecule has 9 N–H and O–H groups in total. The summed E-state index contributed by atoms with van der Waals surface area (Å²) in [6.07, 6.45) is 15.8. The van der Waals surface area contributed by atoms with Crippen molar-refractivity contribution in [3.05, 3.63) is 83.5 Å². The van der Waals surface area contributed by atoms with Gasteiger partial charge in [0.05, 0.1) is 31.5 Å². The second-order valence-electron chi connectivity index (χ2n) is 16.6. The summed E-state index contributed by atoms with van der Waals surface area (Å²) in [6.45, 7) is 3.79. The molecule has 0 spiro atoms. The molecule has 1 aromatic heterocycles. The van der Waals surface area contributed by atoms with Crippen LogP contribution in [0.1, 0.15) is 117 Å². The highest BCUT2D eigenvalue weighted by Gasteiger charge is 2.46. The monoisotopic (exact) mass is 1010 g/mol. The van der Waals surface area contributed by atoms with Crippen LogP contribution in [0.25, 0.3) is 0 Å². The molecule has 1 fully saturated rings. The number of esters is 2. The van der Waals surface area contributed by atoms with Crippen molar-refractivity contribution in [3.8, 4) is 0 Å². The number of ether oxygens (including phenoxy) is 3. The molecular weight excluding hydrogens is 932 g/mol. The van der Waals surface area contributed by atoms with Crippen LogP contribution in [-0.2, 0) is 46.3 Å². The largest absolute Gasteiger partial charge is 0.481 e. The van der Waals surface area contributed by atoms with Crippen molar-refractivity contribution < 1.29 is 81.6 Å². The Labute approximate surface area is 398 Å². The Morgan fingerprint density at radius 3 is 2.10 bits per heavy atom. The summed E-state index contributed by atoms with van der Waals surface area (Å²) in [5.41, 5.74) is 4.54. The van der Waals surface area contributed by atoms with Crippen LogP contribution in [0.2, 0.25) is 0 Å². The van der Waals surface area contributed by atoms with Gasteiger partial charge in [0.25, 0.3) is 0 Å². The lowest BCUT2D eigenvalue weighted by Crippen LogP contribution is -2.36. The van der Waals surface area contributed by atoms with E-state index < -0.39 is 102 Å². The van der Waals surface area contributed by atoms with Crippen molar-refractivity contribution in [3.63, 3.8) is 0 Å². The number of rotatable bonds is 35.